The number of rotatable bonds is 5. The number of nitrogens with zero attached hydrogens (tertiary/aromatic N) is 1. The Hall–Kier alpha value is -2.80. The van der Waals surface area contributed by atoms with E-state index < -0.39 is 5.91 Å². The van der Waals surface area contributed by atoms with Crippen molar-refractivity contribution >= 4 is 58.0 Å². The molecule has 31 heavy (non-hydrogen) atoms. The van der Waals surface area contributed by atoms with Crippen LogP contribution in [0.1, 0.15) is 28.6 Å². The maximum absolute atomic E-state index is 12.7. The first-order valence-corrected chi connectivity index (χ1v) is 10.8. The van der Waals surface area contributed by atoms with E-state index in [2.05, 4.69) is 0 Å². The molecule has 0 unspecified atom stereocenters. The Morgan fingerprint density at radius 1 is 1.03 bits per heavy atom. The minimum atomic E-state index is -0.398. The zero-order valence-electron chi connectivity index (χ0n) is 16.2. The Morgan fingerprint density at radius 2 is 1.77 bits per heavy atom. The van der Waals surface area contributed by atoms with E-state index in [1.807, 2.05) is 0 Å². The van der Waals surface area contributed by atoms with Crippen molar-refractivity contribution in [3.8, 4) is 11.3 Å². The second-order valence-electron chi connectivity index (χ2n) is 6.85. The van der Waals surface area contributed by atoms with Gasteiger partial charge < -0.3 is 4.42 Å². The van der Waals surface area contributed by atoms with Gasteiger partial charge in [-0.05, 0) is 48.5 Å². The molecular formula is C23H15Cl2NO4S. The van der Waals surface area contributed by atoms with Gasteiger partial charge in [-0.3, -0.25) is 19.3 Å². The molecule has 3 aromatic rings. The first-order valence-electron chi connectivity index (χ1n) is 9.22. The SMILES string of the molecule is CC(=O)c1ccc(-c2ccc(/C=C3\SC(=O)N(Cc4ccc(Cl)c(Cl)c4)C3=O)o2)cc1. The van der Waals surface area contributed by atoms with Crippen molar-refractivity contribution in [2.45, 2.75) is 13.5 Å². The smallest absolute Gasteiger partial charge is 0.293 e. The van der Waals surface area contributed by atoms with Crippen LogP contribution < -0.4 is 0 Å². The third kappa shape index (κ3) is 4.61. The first kappa shape index (κ1) is 21.4. The van der Waals surface area contributed by atoms with Gasteiger partial charge in [0.15, 0.2) is 5.78 Å². The van der Waals surface area contributed by atoms with Crippen LogP contribution in [-0.2, 0) is 11.3 Å². The molecule has 8 heteroatoms. The van der Waals surface area contributed by atoms with Crippen molar-refractivity contribution in [3.05, 3.63) is 86.4 Å². The largest absolute Gasteiger partial charge is 0.457 e. The number of carbonyl (C=O) groups is 3. The van der Waals surface area contributed by atoms with Crippen LogP contribution in [0, 0.1) is 0 Å². The zero-order chi connectivity index (χ0) is 22.1. The Labute approximate surface area is 192 Å². The third-order valence-electron chi connectivity index (χ3n) is 4.67. The van der Waals surface area contributed by atoms with Crippen LogP contribution in [0.4, 0.5) is 4.79 Å². The summed E-state index contributed by atoms with van der Waals surface area (Å²) in [4.78, 5) is 37.9. The summed E-state index contributed by atoms with van der Waals surface area (Å²) in [6.45, 7) is 1.61. The van der Waals surface area contributed by atoms with E-state index in [9.17, 15) is 14.4 Å². The lowest BCUT2D eigenvalue weighted by Crippen LogP contribution is -2.27. The van der Waals surface area contributed by atoms with Crippen LogP contribution in [0.3, 0.4) is 0 Å². The summed E-state index contributed by atoms with van der Waals surface area (Å²) in [6, 6.07) is 15.5. The molecule has 0 N–H and O–H groups in total. The number of amides is 2. The van der Waals surface area contributed by atoms with Crippen molar-refractivity contribution in [2.24, 2.45) is 0 Å². The molecule has 156 valence electrons. The number of Topliss-reactive ketones (excluding diaryl/α,β-unsaturated/α-hetero) is 1. The molecule has 2 amide bonds. The Bertz CT molecular complexity index is 1230. The van der Waals surface area contributed by atoms with E-state index in [0.717, 1.165) is 22.2 Å². The Morgan fingerprint density at radius 3 is 2.45 bits per heavy atom. The van der Waals surface area contributed by atoms with Crippen molar-refractivity contribution in [2.75, 3.05) is 0 Å². The summed E-state index contributed by atoms with van der Waals surface area (Å²) >= 11 is 12.8. The van der Waals surface area contributed by atoms with Crippen molar-refractivity contribution in [1.29, 1.82) is 0 Å². The van der Waals surface area contributed by atoms with E-state index in [1.54, 1.807) is 60.7 Å². The van der Waals surface area contributed by atoms with Gasteiger partial charge in [0.05, 0.1) is 21.5 Å². The van der Waals surface area contributed by atoms with Gasteiger partial charge in [0.1, 0.15) is 11.5 Å². The molecule has 1 saturated heterocycles. The van der Waals surface area contributed by atoms with Gasteiger partial charge in [0.2, 0.25) is 0 Å². The molecule has 2 heterocycles. The lowest BCUT2D eigenvalue weighted by atomic mass is 10.1. The van der Waals surface area contributed by atoms with Crippen LogP contribution in [0.25, 0.3) is 17.4 Å². The number of hydrogen-bond acceptors (Lipinski definition) is 5. The average Bonchev–Trinajstić information content (AvgIpc) is 3.31. The highest BCUT2D eigenvalue weighted by molar-refractivity contribution is 8.18. The third-order valence-corrected chi connectivity index (χ3v) is 6.32. The number of ketones is 1. The number of hydrogen-bond donors (Lipinski definition) is 0. The number of halogens is 2. The Balaban J connectivity index is 1.51. The van der Waals surface area contributed by atoms with Gasteiger partial charge in [-0.15, -0.1) is 0 Å². The van der Waals surface area contributed by atoms with E-state index in [-0.39, 0.29) is 22.5 Å². The quantitative estimate of drug-likeness (QED) is 0.306. The Kier molecular flexibility index (Phi) is 6.05. The summed E-state index contributed by atoms with van der Waals surface area (Å²) in [5.41, 5.74) is 2.12. The summed E-state index contributed by atoms with van der Waals surface area (Å²) in [5, 5.41) is 0.402. The summed E-state index contributed by atoms with van der Waals surface area (Å²) in [6.07, 6.45) is 1.55. The first-order chi connectivity index (χ1) is 14.8. The highest BCUT2D eigenvalue weighted by atomic mass is 35.5. The maximum Gasteiger partial charge on any atom is 0.293 e. The highest BCUT2D eigenvalue weighted by Crippen LogP contribution is 2.35. The normalized spacial score (nSPS) is 15.2. The molecule has 0 radical (unpaired) electrons. The average molecular weight is 472 g/mol. The summed E-state index contributed by atoms with van der Waals surface area (Å²) in [7, 11) is 0. The number of carbonyl (C=O) groups excluding carboxylic acids is 3. The van der Waals surface area contributed by atoms with Crippen LogP contribution >= 0.6 is 35.0 Å². The van der Waals surface area contributed by atoms with Gasteiger partial charge in [-0.1, -0.05) is 53.5 Å². The predicted octanol–water partition coefficient (Wildman–Crippen LogP) is 6.69. The molecule has 2 aromatic carbocycles. The van der Waals surface area contributed by atoms with Gasteiger partial charge in [-0.25, -0.2) is 0 Å². The van der Waals surface area contributed by atoms with Crippen LogP contribution in [0.15, 0.2) is 63.9 Å². The monoisotopic (exact) mass is 471 g/mol. The molecule has 4 rings (SSSR count). The molecule has 1 aliphatic heterocycles. The minimum Gasteiger partial charge on any atom is -0.457 e. The standard InChI is InChI=1S/C23H15Cl2NO4S/c1-13(27)15-3-5-16(6-4-15)20-9-7-17(30-20)11-21-22(28)26(23(29)31-21)12-14-2-8-18(24)19(25)10-14/h2-11H,12H2,1H3/b21-11-. The second kappa shape index (κ2) is 8.75. The van der Waals surface area contributed by atoms with E-state index in [4.69, 9.17) is 27.6 Å². The van der Waals surface area contributed by atoms with E-state index in [0.29, 0.717) is 32.7 Å². The molecule has 0 saturated carbocycles. The molecule has 1 aromatic heterocycles. The van der Waals surface area contributed by atoms with Gasteiger partial charge in [0.25, 0.3) is 11.1 Å². The molecule has 0 spiro atoms. The fourth-order valence-electron chi connectivity index (χ4n) is 3.04. The number of benzene rings is 2. The van der Waals surface area contributed by atoms with Crippen LogP contribution in [0.5, 0.6) is 0 Å². The van der Waals surface area contributed by atoms with E-state index in [1.165, 1.54) is 6.92 Å². The molecule has 0 aliphatic carbocycles. The zero-order valence-corrected chi connectivity index (χ0v) is 18.6. The molecule has 0 atom stereocenters. The molecule has 1 aliphatic rings. The summed E-state index contributed by atoms with van der Waals surface area (Å²) < 4.78 is 5.81. The fourth-order valence-corrected chi connectivity index (χ4v) is 4.18. The second-order valence-corrected chi connectivity index (χ2v) is 8.66. The van der Waals surface area contributed by atoms with Gasteiger partial charge in [-0.2, -0.15) is 0 Å². The number of furan rings is 1. The summed E-state index contributed by atoms with van der Waals surface area (Å²) in [5.74, 6) is 0.634. The van der Waals surface area contributed by atoms with Crippen molar-refractivity contribution in [3.63, 3.8) is 0 Å². The predicted molar refractivity (Wildman–Crippen MR) is 122 cm³/mol. The maximum atomic E-state index is 12.7. The number of imide groups is 1. The number of thioether (sulfide) groups is 1. The molecule has 1 fully saturated rings. The van der Waals surface area contributed by atoms with Crippen molar-refractivity contribution in [1.82, 2.24) is 4.90 Å². The molecule has 0 bridgehead atoms. The highest BCUT2D eigenvalue weighted by Gasteiger charge is 2.35. The van der Waals surface area contributed by atoms with Gasteiger partial charge >= 0.3 is 0 Å². The molecular weight excluding hydrogens is 457 g/mol. The molecule has 5 nitrogen and oxygen atoms in total. The van der Waals surface area contributed by atoms with Crippen LogP contribution in [0.2, 0.25) is 10.0 Å². The lowest BCUT2D eigenvalue weighted by molar-refractivity contribution is -0.123. The fraction of sp³-hybridized carbons (Fsp3) is 0.0870. The lowest BCUT2D eigenvalue weighted by Gasteiger charge is -2.12. The minimum absolute atomic E-state index is 0.0109. The van der Waals surface area contributed by atoms with Crippen LogP contribution in [-0.4, -0.2) is 21.8 Å². The topological polar surface area (TPSA) is 67.6 Å². The van der Waals surface area contributed by atoms with Gasteiger partial charge in [0, 0.05) is 17.2 Å². The van der Waals surface area contributed by atoms with E-state index >= 15 is 0 Å². The van der Waals surface area contributed by atoms with Crippen molar-refractivity contribution < 1.29 is 18.8 Å².